The van der Waals surface area contributed by atoms with E-state index in [0.29, 0.717) is 31.6 Å². The molecule has 1 saturated heterocycles. The summed E-state index contributed by atoms with van der Waals surface area (Å²) in [6, 6.07) is 0. The zero-order chi connectivity index (χ0) is 15.2. The van der Waals surface area contributed by atoms with Gasteiger partial charge in [-0.05, 0) is 24.7 Å². The van der Waals surface area contributed by atoms with Crippen molar-refractivity contribution < 1.29 is 19.5 Å². The van der Waals surface area contributed by atoms with Gasteiger partial charge in [0.1, 0.15) is 5.71 Å². The van der Waals surface area contributed by atoms with Crippen LogP contribution in [-0.2, 0) is 14.4 Å². The molecular formula is C14H19N3O4. The second-order valence-electron chi connectivity index (χ2n) is 6.21. The summed E-state index contributed by atoms with van der Waals surface area (Å²) in [5.74, 6) is -1.14. The Kier molecular flexibility index (Phi) is 3.22. The fourth-order valence-corrected chi connectivity index (χ4v) is 3.41. The first-order chi connectivity index (χ1) is 9.93. The summed E-state index contributed by atoms with van der Waals surface area (Å²) in [5, 5.41) is 14.3. The Morgan fingerprint density at radius 2 is 1.95 bits per heavy atom. The second kappa shape index (κ2) is 4.82. The molecule has 7 nitrogen and oxygen atoms in total. The lowest BCUT2D eigenvalue weighted by molar-refractivity contribution is -0.139. The fourth-order valence-electron chi connectivity index (χ4n) is 3.41. The summed E-state index contributed by atoms with van der Waals surface area (Å²) in [4.78, 5) is 36.5. The number of aliphatic carboxylic acids is 1. The van der Waals surface area contributed by atoms with E-state index < -0.39 is 5.97 Å². The van der Waals surface area contributed by atoms with Gasteiger partial charge in [0.2, 0.25) is 5.91 Å². The van der Waals surface area contributed by atoms with Gasteiger partial charge in [-0.3, -0.25) is 14.4 Å². The highest BCUT2D eigenvalue weighted by Crippen LogP contribution is 2.59. The van der Waals surface area contributed by atoms with Crippen molar-refractivity contribution >= 4 is 23.5 Å². The van der Waals surface area contributed by atoms with Crippen LogP contribution in [0.5, 0.6) is 0 Å². The molecule has 0 aromatic heterocycles. The molecule has 2 aliphatic heterocycles. The molecule has 0 aromatic rings. The van der Waals surface area contributed by atoms with E-state index in [2.05, 4.69) is 5.10 Å². The van der Waals surface area contributed by atoms with Crippen LogP contribution >= 0.6 is 0 Å². The smallest absolute Gasteiger partial charge is 0.307 e. The van der Waals surface area contributed by atoms with Crippen LogP contribution in [0.25, 0.3) is 0 Å². The molecule has 3 rings (SSSR count). The van der Waals surface area contributed by atoms with Crippen LogP contribution in [-0.4, -0.2) is 58.6 Å². The lowest BCUT2D eigenvalue weighted by atomic mass is 9.90. The third kappa shape index (κ3) is 2.41. The molecule has 2 heterocycles. The molecule has 1 atom stereocenters. The first-order valence-corrected chi connectivity index (χ1v) is 7.29. The summed E-state index contributed by atoms with van der Waals surface area (Å²) >= 11 is 0. The lowest BCUT2D eigenvalue weighted by Gasteiger charge is -2.33. The van der Waals surface area contributed by atoms with E-state index in [1.54, 1.807) is 11.9 Å². The van der Waals surface area contributed by atoms with Crippen LogP contribution in [0.15, 0.2) is 5.10 Å². The predicted molar refractivity (Wildman–Crippen MR) is 73.4 cm³/mol. The van der Waals surface area contributed by atoms with E-state index in [-0.39, 0.29) is 23.1 Å². The summed E-state index contributed by atoms with van der Waals surface area (Å²) in [6.07, 6.45) is 2.94. The molecule has 21 heavy (non-hydrogen) atoms. The van der Waals surface area contributed by atoms with Gasteiger partial charge in [-0.1, -0.05) is 0 Å². The molecule has 2 amide bonds. The Hall–Kier alpha value is -1.92. The van der Waals surface area contributed by atoms with Crippen LogP contribution in [0.4, 0.5) is 0 Å². The largest absolute Gasteiger partial charge is 0.481 e. The van der Waals surface area contributed by atoms with Crippen LogP contribution in [0.3, 0.4) is 0 Å². The van der Waals surface area contributed by atoms with Crippen molar-refractivity contribution in [2.24, 2.45) is 16.4 Å². The standard InChI is InChI=1S/C14H19N3O4/c1-16-11(18)3-2-10(15-16)12(19)17-6-4-14(5-7-17)8-9(14)13(20)21/h9H,2-8H2,1H3,(H,20,21). The molecule has 114 valence electrons. The van der Waals surface area contributed by atoms with Gasteiger partial charge < -0.3 is 10.0 Å². The summed E-state index contributed by atoms with van der Waals surface area (Å²) in [5.41, 5.74) is 0.350. The number of amides is 2. The molecule has 1 aliphatic carbocycles. The molecule has 1 N–H and O–H groups in total. The number of hydrogen-bond acceptors (Lipinski definition) is 4. The minimum Gasteiger partial charge on any atom is -0.481 e. The number of carboxylic acid groups (broad SMARTS) is 1. The first-order valence-electron chi connectivity index (χ1n) is 7.29. The Labute approximate surface area is 122 Å². The Bertz CT molecular complexity index is 534. The molecule has 2 fully saturated rings. The molecule has 3 aliphatic rings. The molecular weight excluding hydrogens is 274 g/mol. The maximum Gasteiger partial charge on any atom is 0.307 e. The fraction of sp³-hybridized carbons (Fsp3) is 0.714. The van der Waals surface area contributed by atoms with E-state index >= 15 is 0 Å². The third-order valence-corrected chi connectivity index (χ3v) is 4.99. The van der Waals surface area contributed by atoms with Crippen molar-refractivity contribution in [1.29, 1.82) is 0 Å². The third-order valence-electron chi connectivity index (χ3n) is 4.99. The molecule has 0 bridgehead atoms. The minimum absolute atomic E-state index is 0.0774. The molecule has 0 radical (unpaired) electrons. The SMILES string of the molecule is CN1N=C(C(=O)N2CCC3(CC2)CC3C(=O)O)CCC1=O. The van der Waals surface area contributed by atoms with Crippen molar-refractivity contribution in [1.82, 2.24) is 9.91 Å². The number of carbonyl (C=O) groups is 3. The van der Waals surface area contributed by atoms with Crippen molar-refractivity contribution in [2.45, 2.75) is 32.1 Å². The number of nitrogens with zero attached hydrogens (tertiary/aromatic N) is 3. The van der Waals surface area contributed by atoms with Gasteiger partial charge in [0, 0.05) is 33.0 Å². The van der Waals surface area contributed by atoms with Crippen molar-refractivity contribution in [3.05, 3.63) is 0 Å². The van der Waals surface area contributed by atoms with Crippen LogP contribution < -0.4 is 0 Å². The maximum atomic E-state index is 12.4. The molecule has 1 unspecified atom stereocenters. The van der Waals surface area contributed by atoms with E-state index in [4.69, 9.17) is 5.11 Å². The highest BCUT2D eigenvalue weighted by atomic mass is 16.4. The van der Waals surface area contributed by atoms with Crippen molar-refractivity contribution in [2.75, 3.05) is 20.1 Å². The average molecular weight is 293 g/mol. The van der Waals surface area contributed by atoms with Crippen LogP contribution in [0.1, 0.15) is 32.1 Å². The second-order valence-corrected chi connectivity index (χ2v) is 6.21. The highest BCUT2D eigenvalue weighted by Gasteiger charge is 2.59. The zero-order valence-corrected chi connectivity index (χ0v) is 12.0. The number of carbonyl (C=O) groups excluding carboxylic acids is 2. The summed E-state index contributed by atoms with van der Waals surface area (Å²) in [6.45, 7) is 1.17. The molecule has 1 spiro atoms. The number of rotatable bonds is 2. The number of likely N-dealkylation sites (tertiary alicyclic amines) is 1. The minimum atomic E-state index is -0.716. The first kappa shape index (κ1) is 14.0. The van der Waals surface area contributed by atoms with Gasteiger partial charge in [-0.15, -0.1) is 0 Å². The van der Waals surface area contributed by atoms with Crippen LogP contribution in [0, 0.1) is 11.3 Å². The maximum absolute atomic E-state index is 12.4. The number of carboxylic acids is 1. The molecule has 1 saturated carbocycles. The topological polar surface area (TPSA) is 90.3 Å². The summed E-state index contributed by atoms with van der Waals surface area (Å²) < 4.78 is 0. The van der Waals surface area contributed by atoms with Crippen molar-refractivity contribution in [3.63, 3.8) is 0 Å². The average Bonchev–Trinajstić information content (AvgIpc) is 3.16. The van der Waals surface area contributed by atoms with E-state index in [0.717, 1.165) is 19.3 Å². The number of hydrogen-bond donors (Lipinski definition) is 1. The highest BCUT2D eigenvalue weighted by molar-refractivity contribution is 6.39. The lowest BCUT2D eigenvalue weighted by Crippen LogP contribution is -2.45. The van der Waals surface area contributed by atoms with Crippen molar-refractivity contribution in [3.8, 4) is 0 Å². The Morgan fingerprint density at radius 3 is 2.48 bits per heavy atom. The molecule has 0 aromatic carbocycles. The quantitative estimate of drug-likeness (QED) is 0.793. The van der Waals surface area contributed by atoms with Gasteiger partial charge in [-0.2, -0.15) is 5.10 Å². The number of piperidine rings is 1. The number of hydrazone groups is 1. The van der Waals surface area contributed by atoms with Gasteiger partial charge in [0.15, 0.2) is 0 Å². The Morgan fingerprint density at radius 1 is 1.29 bits per heavy atom. The van der Waals surface area contributed by atoms with E-state index in [9.17, 15) is 14.4 Å². The summed E-state index contributed by atoms with van der Waals surface area (Å²) in [7, 11) is 1.56. The van der Waals surface area contributed by atoms with E-state index in [1.807, 2.05) is 0 Å². The van der Waals surface area contributed by atoms with Gasteiger partial charge in [0.05, 0.1) is 5.92 Å². The Balaban J connectivity index is 1.60. The molecule has 7 heteroatoms. The van der Waals surface area contributed by atoms with E-state index in [1.165, 1.54) is 5.01 Å². The monoisotopic (exact) mass is 293 g/mol. The van der Waals surface area contributed by atoms with Crippen LogP contribution in [0.2, 0.25) is 0 Å². The van der Waals surface area contributed by atoms with Gasteiger partial charge >= 0.3 is 5.97 Å². The van der Waals surface area contributed by atoms with Gasteiger partial charge in [0.25, 0.3) is 5.91 Å². The van der Waals surface area contributed by atoms with Gasteiger partial charge in [-0.25, -0.2) is 5.01 Å². The predicted octanol–water partition coefficient (Wildman–Crippen LogP) is 0.308. The zero-order valence-electron chi connectivity index (χ0n) is 12.0. The normalized spacial score (nSPS) is 27.6.